The number of carbonyl (C=O) groups is 1. The Morgan fingerprint density at radius 3 is 2.00 bits per heavy atom. The van der Waals surface area contributed by atoms with Gasteiger partial charge in [-0.05, 0) is 6.42 Å². The van der Waals surface area contributed by atoms with E-state index in [2.05, 4.69) is 13.5 Å². The van der Waals surface area contributed by atoms with Crippen LogP contribution < -0.4 is 0 Å². The first kappa shape index (κ1) is 17.2. The number of unbranched alkanes of at least 4 members (excludes halogenated alkanes) is 1. The molecule has 0 saturated carbocycles. The first-order valence-corrected chi connectivity index (χ1v) is 3.15. The van der Waals surface area contributed by atoms with Crippen LogP contribution in [0.2, 0.25) is 0 Å². The van der Waals surface area contributed by atoms with Gasteiger partial charge in [0.05, 0.1) is 0 Å². The molecule has 0 amide bonds. The van der Waals surface area contributed by atoms with Gasteiger partial charge in [0.25, 0.3) is 0 Å². The summed E-state index contributed by atoms with van der Waals surface area (Å²) < 4.78 is 0. The normalized spacial score (nSPS) is 6.73. The van der Waals surface area contributed by atoms with Crippen molar-refractivity contribution in [3.05, 3.63) is 12.7 Å². The van der Waals surface area contributed by atoms with Gasteiger partial charge in [-0.3, -0.25) is 0 Å². The summed E-state index contributed by atoms with van der Waals surface area (Å²) in [6, 6.07) is 0. The molecule has 0 heterocycles. The van der Waals surface area contributed by atoms with Crippen molar-refractivity contribution in [1.82, 2.24) is 0 Å². The number of aliphatic hydroxyl groups is 1. The van der Waals surface area contributed by atoms with Gasteiger partial charge in [0.2, 0.25) is 0 Å². The smallest absolute Gasteiger partial charge is 0.327 e. The number of carboxylic acids is 1. The largest absolute Gasteiger partial charge is 0.478 e. The van der Waals surface area contributed by atoms with Crippen molar-refractivity contribution < 1.29 is 41.2 Å². The number of hydrogen-bond donors (Lipinski definition) is 2. The summed E-state index contributed by atoms with van der Waals surface area (Å²) in [5, 5.41) is 15.7. The predicted molar refractivity (Wildman–Crippen MR) is 39.8 cm³/mol. The van der Waals surface area contributed by atoms with Crippen LogP contribution in [0.5, 0.6) is 0 Å². The van der Waals surface area contributed by atoms with Crippen molar-refractivity contribution >= 4 is 5.97 Å². The Bertz CT molecular complexity index is 91.7. The van der Waals surface area contributed by atoms with Crippen LogP contribution in [0.3, 0.4) is 0 Å². The van der Waals surface area contributed by atoms with Crippen LogP contribution in [-0.4, -0.2) is 22.8 Å². The zero-order valence-corrected chi connectivity index (χ0v) is 9.17. The van der Waals surface area contributed by atoms with Crippen molar-refractivity contribution in [2.24, 2.45) is 0 Å². The van der Waals surface area contributed by atoms with Crippen LogP contribution in [0.1, 0.15) is 19.8 Å². The van der Waals surface area contributed by atoms with Crippen molar-refractivity contribution in [2.75, 3.05) is 6.61 Å². The summed E-state index contributed by atoms with van der Waals surface area (Å²) in [5.74, 6) is -0.981. The van der Waals surface area contributed by atoms with Gasteiger partial charge in [-0.25, -0.2) is 4.79 Å². The summed E-state index contributed by atoms with van der Waals surface area (Å²) in [6.07, 6.45) is 2.87. The van der Waals surface area contributed by atoms with E-state index in [1.54, 1.807) is 0 Å². The number of hydrogen-bond acceptors (Lipinski definition) is 2. The maximum Gasteiger partial charge on any atom is 0.327 e. The molecule has 4 heteroatoms. The zero-order valence-electron chi connectivity index (χ0n) is 6.71. The van der Waals surface area contributed by atoms with E-state index in [0.29, 0.717) is 6.61 Å². The molecule has 0 aliphatic carbocycles. The third-order valence-corrected chi connectivity index (χ3v) is 0.686. The van der Waals surface area contributed by atoms with E-state index in [0.717, 1.165) is 18.9 Å². The van der Waals surface area contributed by atoms with E-state index in [-0.39, 0.29) is 26.2 Å². The van der Waals surface area contributed by atoms with E-state index in [9.17, 15) is 4.79 Å². The second kappa shape index (κ2) is 16.6. The van der Waals surface area contributed by atoms with E-state index in [1.165, 1.54) is 0 Å². The molecule has 0 fully saturated rings. The fourth-order valence-corrected chi connectivity index (χ4v) is 0.158. The molecule has 0 aromatic carbocycles. The molecular formula is C7H14O3Zr. The first-order valence-electron chi connectivity index (χ1n) is 3.15. The molecule has 0 aliphatic rings. The molecule has 0 radical (unpaired) electrons. The van der Waals surface area contributed by atoms with Gasteiger partial charge >= 0.3 is 5.97 Å². The summed E-state index contributed by atoms with van der Waals surface area (Å²) in [7, 11) is 0. The zero-order chi connectivity index (χ0) is 8.41. The van der Waals surface area contributed by atoms with E-state index in [1.807, 2.05) is 0 Å². The Balaban J connectivity index is -0.000000107. The Morgan fingerprint density at radius 1 is 1.64 bits per heavy atom. The van der Waals surface area contributed by atoms with Gasteiger partial charge in [0, 0.05) is 38.9 Å². The minimum atomic E-state index is -0.981. The number of rotatable bonds is 3. The van der Waals surface area contributed by atoms with Crippen LogP contribution in [0.25, 0.3) is 0 Å². The summed E-state index contributed by atoms with van der Waals surface area (Å²) in [5.41, 5.74) is 0. The van der Waals surface area contributed by atoms with Gasteiger partial charge in [-0.2, -0.15) is 0 Å². The van der Waals surface area contributed by atoms with Crippen molar-refractivity contribution in [3.63, 3.8) is 0 Å². The van der Waals surface area contributed by atoms with E-state index in [4.69, 9.17) is 10.2 Å². The Morgan fingerprint density at radius 2 is 2.00 bits per heavy atom. The molecule has 3 nitrogen and oxygen atoms in total. The molecule has 0 atom stereocenters. The minimum absolute atomic E-state index is 0. The van der Waals surface area contributed by atoms with Crippen molar-refractivity contribution in [2.45, 2.75) is 19.8 Å². The number of aliphatic hydroxyl groups excluding tert-OH is 1. The Kier molecular flexibility index (Phi) is 25.9. The van der Waals surface area contributed by atoms with Gasteiger partial charge in [-0.15, -0.1) is 0 Å². The molecule has 0 rings (SSSR count). The summed E-state index contributed by atoms with van der Waals surface area (Å²) in [4.78, 5) is 9.25. The molecule has 64 valence electrons. The van der Waals surface area contributed by atoms with Crippen molar-refractivity contribution in [1.29, 1.82) is 0 Å². The first-order chi connectivity index (χ1) is 4.68. The number of aliphatic carboxylic acids is 1. The second-order valence-corrected chi connectivity index (χ2v) is 1.62. The average molecular weight is 237 g/mol. The predicted octanol–water partition coefficient (Wildman–Crippen LogP) is 1.03. The van der Waals surface area contributed by atoms with Crippen LogP contribution in [0.15, 0.2) is 12.7 Å². The molecule has 0 saturated heterocycles. The molecular weight excluding hydrogens is 223 g/mol. The monoisotopic (exact) mass is 236 g/mol. The fraction of sp³-hybridized carbons (Fsp3) is 0.571. The van der Waals surface area contributed by atoms with Gasteiger partial charge < -0.3 is 10.2 Å². The summed E-state index contributed by atoms with van der Waals surface area (Å²) in [6.45, 7) is 5.36. The number of carboxylic acid groups (broad SMARTS) is 1. The fourth-order valence-electron chi connectivity index (χ4n) is 0.158. The van der Waals surface area contributed by atoms with Crippen molar-refractivity contribution in [3.8, 4) is 0 Å². The van der Waals surface area contributed by atoms with Crippen LogP contribution in [-0.2, 0) is 31.0 Å². The third-order valence-electron chi connectivity index (χ3n) is 0.686. The Labute approximate surface area is 86.2 Å². The molecule has 0 unspecified atom stereocenters. The third kappa shape index (κ3) is 39.7. The minimum Gasteiger partial charge on any atom is -0.478 e. The average Bonchev–Trinajstić information content (AvgIpc) is 1.91. The van der Waals surface area contributed by atoms with Gasteiger partial charge in [0.15, 0.2) is 0 Å². The molecule has 11 heavy (non-hydrogen) atoms. The topological polar surface area (TPSA) is 57.5 Å². The standard InChI is InChI=1S/C4H10O.C3H4O2.Zr/c1-2-3-4-5;1-2-3(4)5;/h5H,2-4H2,1H3;2H,1H2,(H,4,5);. The molecule has 0 aliphatic heterocycles. The molecule has 2 N–H and O–H groups in total. The quantitative estimate of drug-likeness (QED) is 0.721. The van der Waals surface area contributed by atoms with Gasteiger partial charge in [0.1, 0.15) is 0 Å². The van der Waals surface area contributed by atoms with Crippen LogP contribution >= 0.6 is 0 Å². The molecule has 0 aromatic heterocycles. The Hall–Kier alpha value is 0.0531. The molecule has 0 spiro atoms. The maximum atomic E-state index is 9.25. The molecule has 0 aromatic rings. The van der Waals surface area contributed by atoms with Gasteiger partial charge in [-0.1, -0.05) is 19.9 Å². The maximum absolute atomic E-state index is 9.25. The van der Waals surface area contributed by atoms with E-state index >= 15 is 0 Å². The SMILES string of the molecule is C=CC(=O)O.CCCCO.[Zr]. The van der Waals surface area contributed by atoms with Crippen LogP contribution in [0.4, 0.5) is 0 Å². The summed E-state index contributed by atoms with van der Waals surface area (Å²) >= 11 is 0. The van der Waals surface area contributed by atoms with E-state index < -0.39 is 5.97 Å². The second-order valence-electron chi connectivity index (χ2n) is 1.62. The van der Waals surface area contributed by atoms with Crippen LogP contribution in [0, 0.1) is 0 Å². The molecule has 0 bridgehead atoms.